The molecule has 1 spiro atoms. The van der Waals surface area contributed by atoms with Crippen LogP contribution in [0.25, 0.3) is 0 Å². The molecule has 1 aliphatic carbocycles. The minimum Gasteiger partial charge on any atom is -0.337 e. The molecule has 0 radical (unpaired) electrons. The van der Waals surface area contributed by atoms with Crippen LogP contribution in [-0.2, 0) is 26.6 Å². The van der Waals surface area contributed by atoms with Crippen LogP contribution in [0.15, 0.2) is 17.8 Å². The van der Waals surface area contributed by atoms with Gasteiger partial charge in [0.2, 0.25) is 0 Å². The van der Waals surface area contributed by atoms with Gasteiger partial charge in [0.25, 0.3) is 0 Å². The number of aromatic nitrogens is 3. The van der Waals surface area contributed by atoms with Gasteiger partial charge in [-0.05, 0) is 44.2 Å². The molecule has 2 aromatic heterocycles. The summed E-state index contributed by atoms with van der Waals surface area (Å²) in [6.45, 7) is 6.44. The highest BCUT2D eigenvalue weighted by Crippen LogP contribution is 2.56. The van der Waals surface area contributed by atoms with E-state index in [-0.39, 0.29) is 0 Å². The molecular formula is C19H29N5S. The lowest BCUT2D eigenvalue weighted by Crippen LogP contribution is -2.36. The largest absolute Gasteiger partial charge is 0.337 e. The van der Waals surface area contributed by atoms with Gasteiger partial charge in [0.05, 0.1) is 18.8 Å². The van der Waals surface area contributed by atoms with Gasteiger partial charge in [0, 0.05) is 30.9 Å². The molecule has 2 fully saturated rings. The molecule has 4 rings (SSSR count). The first-order chi connectivity index (χ1) is 12.2. The van der Waals surface area contributed by atoms with E-state index in [9.17, 15) is 0 Å². The standard InChI is InChI=1S/C19H29N5S/c1-3-4-15-14-25-18(22-15)13-24(12-17-21-9-10-23(17)2)16-11-19(16)5-7-20-8-6-19/h9-10,14,16,20H,3-8,11-13H2,1-2H3. The summed E-state index contributed by atoms with van der Waals surface area (Å²) in [4.78, 5) is 12.1. The van der Waals surface area contributed by atoms with Crippen molar-refractivity contribution in [2.45, 2.75) is 58.2 Å². The summed E-state index contributed by atoms with van der Waals surface area (Å²) in [5, 5.41) is 7.02. The van der Waals surface area contributed by atoms with Gasteiger partial charge in [-0.1, -0.05) is 13.3 Å². The fourth-order valence-corrected chi connectivity index (χ4v) is 5.13. The van der Waals surface area contributed by atoms with Crippen LogP contribution in [-0.4, -0.2) is 38.6 Å². The van der Waals surface area contributed by atoms with E-state index in [0.717, 1.165) is 25.3 Å². The highest BCUT2D eigenvalue weighted by molar-refractivity contribution is 7.09. The van der Waals surface area contributed by atoms with Crippen LogP contribution >= 0.6 is 11.3 Å². The van der Waals surface area contributed by atoms with Gasteiger partial charge in [-0.2, -0.15) is 0 Å². The smallest absolute Gasteiger partial charge is 0.122 e. The van der Waals surface area contributed by atoms with Crippen LogP contribution in [0, 0.1) is 5.41 Å². The quantitative estimate of drug-likeness (QED) is 0.826. The molecule has 0 amide bonds. The number of rotatable bonds is 7. The highest BCUT2D eigenvalue weighted by atomic mass is 32.1. The molecule has 5 nitrogen and oxygen atoms in total. The molecule has 1 saturated carbocycles. The summed E-state index contributed by atoms with van der Waals surface area (Å²) in [6.07, 6.45) is 10.2. The van der Waals surface area contributed by atoms with Crippen molar-refractivity contribution in [3.63, 3.8) is 0 Å². The SMILES string of the molecule is CCCc1csc(CN(Cc2nccn2C)C2CC23CCNCC3)n1. The Morgan fingerprint density at radius 3 is 2.92 bits per heavy atom. The number of aryl methyl sites for hydroxylation is 2. The maximum absolute atomic E-state index is 4.87. The molecule has 0 bridgehead atoms. The molecule has 136 valence electrons. The molecule has 25 heavy (non-hydrogen) atoms. The Balaban J connectivity index is 1.50. The van der Waals surface area contributed by atoms with Crippen molar-refractivity contribution >= 4 is 11.3 Å². The molecule has 1 N–H and O–H groups in total. The summed E-state index contributed by atoms with van der Waals surface area (Å²) < 4.78 is 2.15. The summed E-state index contributed by atoms with van der Waals surface area (Å²) in [7, 11) is 2.09. The highest BCUT2D eigenvalue weighted by Gasteiger charge is 2.56. The second-order valence-electron chi connectivity index (χ2n) is 7.67. The third kappa shape index (κ3) is 3.66. The van der Waals surface area contributed by atoms with Gasteiger partial charge in [0.1, 0.15) is 10.8 Å². The van der Waals surface area contributed by atoms with Crippen molar-refractivity contribution in [2.75, 3.05) is 13.1 Å². The van der Waals surface area contributed by atoms with Gasteiger partial charge in [-0.3, -0.25) is 4.90 Å². The van der Waals surface area contributed by atoms with Crippen LogP contribution < -0.4 is 5.32 Å². The summed E-state index contributed by atoms with van der Waals surface area (Å²) in [5.41, 5.74) is 1.80. The molecule has 2 aliphatic rings. The lowest BCUT2D eigenvalue weighted by Gasteiger charge is -2.29. The molecular weight excluding hydrogens is 330 g/mol. The average Bonchev–Trinajstić information content (AvgIpc) is 2.93. The Bertz CT molecular complexity index is 700. The summed E-state index contributed by atoms with van der Waals surface area (Å²) in [5.74, 6) is 1.15. The van der Waals surface area contributed by atoms with Crippen LogP contribution in [0.5, 0.6) is 0 Å². The molecule has 1 aliphatic heterocycles. The first-order valence-electron chi connectivity index (χ1n) is 9.54. The van der Waals surface area contributed by atoms with E-state index in [1.165, 1.54) is 49.5 Å². The number of thiazole rings is 1. The lowest BCUT2D eigenvalue weighted by atomic mass is 9.93. The van der Waals surface area contributed by atoms with Gasteiger partial charge in [-0.25, -0.2) is 9.97 Å². The van der Waals surface area contributed by atoms with Gasteiger partial charge < -0.3 is 9.88 Å². The van der Waals surface area contributed by atoms with E-state index in [1.54, 1.807) is 0 Å². The normalized spacial score (nSPS) is 22.0. The van der Waals surface area contributed by atoms with Crippen molar-refractivity contribution in [3.05, 3.63) is 34.3 Å². The van der Waals surface area contributed by atoms with E-state index in [4.69, 9.17) is 4.98 Å². The van der Waals surface area contributed by atoms with E-state index in [2.05, 4.69) is 39.1 Å². The minimum atomic E-state index is 0.542. The molecule has 6 heteroatoms. The maximum atomic E-state index is 4.87. The molecule has 1 atom stereocenters. The Hall–Kier alpha value is -1.24. The van der Waals surface area contributed by atoms with Crippen molar-refractivity contribution in [3.8, 4) is 0 Å². The van der Waals surface area contributed by atoms with Crippen LogP contribution in [0.4, 0.5) is 0 Å². The molecule has 2 aromatic rings. The van der Waals surface area contributed by atoms with E-state index in [1.807, 2.05) is 23.7 Å². The number of nitrogens with one attached hydrogen (secondary N) is 1. The zero-order chi connectivity index (χ0) is 17.3. The third-order valence-corrected chi connectivity index (χ3v) is 6.78. The Morgan fingerprint density at radius 1 is 1.36 bits per heavy atom. The first kappa shape index (κ1) is 17.2. The Morgan fingerprint density at radius 2 is 2.20 bits per heavy atom. The minimum absolute atomic E-state index is 0.542. The van der Waals surface area contributed by atoms with E-state index < -0.39 is 0 Å². The molecule has 1 unspecified atom stereocenters. The second kappa shape index (κ2) is 7.17. The average molecular weight is 360 g/mol. The van der Waals surface area contributed by atoms with Crippen LogP contribution in [0.2, 0.25) is 0 Å². The molecule has 3 heterocycles. The monoisotopic (exact) mass is 359 g/mol. The van der Waals surface area contributed by atoms with Gasteiger partial charge >= 0.3 is 0 Å². The number of hydrogen-bond acceptors (Lipinski definition) is 5. The second-order valence-corrected chi connectivity index (χ2v) is 8.62. The van der Waals surface area contributed by atoms with E-state index >= 15 is 0 Å². The van der Waals surface area contributed by atoms with Gasteiger partial charge in [-0.15, -0.1) is 11.3 Å². The number of nitrogens with zero attached hydrogens (tertiary/aromatic N) is 4. The summed E-state index contributed by atoms with van der Waals surface area (Å²) >= 11 is 1.82. The fourth-order valence-electron chi connectivity index (χ4n) is 4.28. The zero-order valence-corrected chi connectivity index (χ0v) is 16.2. The van der Waals surface area contributed by atoms with Crippen molar-refractivity contribution in [2.24, 2.45) is 12.5 Å². The zero-order valence-electron chi connectivity index (χ0n) is 15.4. The van der Waals surface area contributed by atoms with Crippen molar-refractivity contribution in [1.82, 2.24) is 24.8 Å². The fraction of sp³-hybridized carbons (Fsp3) is 0.684. The number of imidazole rings is 1. The first-order valence-corrected chi connectivity index (χ1v) is 10.4. The van der Waals surface area contributed by atoms with Gasteiger partial charge in [0.15, 0.2) is 0 Å². The third-order valence-electron chi connectivity index (χ3n) is 5.90. The van der Waals surface area contributed by atoms with Crippen LogP contribution in [0.1, 0.15) is 49.1 Å². The Labute approximate surface area is 154 Å². The number of piperidine rings is 1. The predicted molar refractivity (Wildman–Crippen MR) is 102 cm³/mol. The van der Waals surface area contributed by atoms with Crippen molar-refractivity contribution in [1.29, 1.82) is 0 Å². The molecule has 1 saturated heterocycles. The number of hydrogen-bond donors (Lipinski definition) is 1. The van der Waals surface area contributed by atoms with Crippen molar-refractivity contribution < 1.29 is 0 Å². The maximum Gasteiger partial charge on any atom is 0.122 e. The Kier molecular flexibility index (Phi) is 4.93. The summed E-state index contributed by atoms with van der Waals surface area (Å²) in [6, 6.07) is 0.685. The topological polar surface area (TPSA) is 46.0 Å². The van der Waals surface area contributed by atoms with Crippen LogP contribution in [0.3, 0.4) is 0 Å². The van der Waals surface area contributed by atoms with E-state index in [0.29, 0.717) is 11.5 Å². The molecule has 0 aromatic carbocycles. The predicted octanol–water partition coefficient (Wildman–Crippen LogP) is 2.97. The lowest BCUT2D eigenvalue weighted by molar-refractivity contribution is 0.182.